The maximum atomic E-state index is 13.6. The Labute approximate surface area is 177 Å². The van der Waals surface area contributed by atoms with Crippen molar-refractivity contribution in [3.63, 3.8) is 0 Å². The Morgan fingerprint density at radius 1 is 1.00 bits per heavy atom. The number of furan rings is 1. The lowest BCUT2D eigenvalue weighted by Gasteiger charge is -2.30. The van der Waals surface area contributed by atoms with Gasteiger partial charge in [-0.3, -0.25) is 4.79 Å². The lowest BCUT2D eigenvalue weighted by Crippen LogP contribution is -2.34. The molecule has 2 aromatic heterocycles. The van der Waals surface area contributed by atoms with Gasteiger partial charge in [0.1, 0.15) is 0 Å². The van der Waals surface area contributed by atoms with Gasteiger partial charge in [-0.05, 0) is 64.3 Å². The Bertz CT molecular complexity index is 1190. The summed E-state index contributed by atoms with van der Waals surface area (Å²) < 4.78 is 8.35. The third-order valence-electron chi connectivity index (χ3n) is 5.40. The van der Waals surface area contributed by atoms with E-state index in [0.29, 0.717) is 17.0 Å². The van der Waals surface area contributed by atoms with E-state index in [1.165, 1.54) is 5.56 Å². The van der Waals surface area contributed by atoms with Gasteiger partial charge in [-0.2, -0.15) is 0 Å². The Balaban J connectivity index is 1.72. The van der Waals surface area contributed by atoms with Crippen LogP contribution in [0.3, 0.4) is 0 Å². The smallest absolute Gasteiger partial charge is 0.290 e. The van der Waals surface area contributed by atoms with E-state index in [1.807, 2.05) is 23.1 Å². The first-order valence-corrected chi connectivity index (χ1v) is 10.3. The Kier molecular flexibility index (Phi) is 4.40. The van der Waals surface area contributed by atoms with Gasteiger partial charge in [0.15, 0.2) is 10.4 Å². The Hall–Kier alpha value is -3.05. The Morgan fingerprint density at radius 3 is 2.55 bits per heavy atom. The number of para-hydroxylation sites is 1. The summed E-state index contributed by atoms with van der Waals surface area (Å²) in [7, 11) is 0. The van der Waals surface area contributed by atoms with Crippen LogP contribution >= 0.6 is 15.9 Å². The number of hydrogen-bond acceptors (Lipinski definition) is 2. The summed E-state index contributed by atoms with van der Waals surface area (Å²) in [5.41, 5.74) is 5.51. The van der Waals surface area contributed by atoms with Crippen LogP contribution in [0.15, 0.2) is 88.1 Å². The van der Waals surface area contributed by atoms with Crippen LogP contribution in [-0.4, -0.2) is 15.4 Å². The lowest BCUT2D eigenvalue weighted by molar-refractivity contribution is 0.0657. The van der Waals surface area contributed by atoms with Gasteiger partial charge >= 0.3 is 0 Å². The molecule has 0 N–H and O–H groups in total. The first kappa shape index (κ1) is 18.0. The average molecular weight is 447 g/mol. The topological polar surface area (TPSA) is 38.4 Å². The monoisotopic (exact) mass is 446 g/mol. The van der Waals surface area contributed by atoms with E-state index in [1.54, 1.807) is 12.1 Å². The van der Waals surface area contributed by atoms with Gasteiger partial charge in [-0.15, -0.1) is 0 Å². The minimum Gasteiger partial charge on any atom is -0.444 e. The van der Waals surface area contributed by atoms with E-state index in [9.17, 15) is 4.79 Å². The molecule has 4 nitrogen and oxygen atoms in total. The number of hydrogen-bond donors (Lipinski definition) is 0. The van der Waals surface area contributed by atoms with Crippen LogP contribution in [-0.2, 0) is 6.54 Å². The number of benzene rings is 2. The molecule has 0 unspecified atom stereocenters. The highest BCUT2D eigenvalue weighted by atomic mass is 79.9. The standard InChI is InChI=1S/C24H19BrN2O2/c1-16-8-10-17(11-9-16)23-20-7-4-14-26(20)19-6-3-2-5-18(19)15-27(23)24(28)21-12-13-22(25)29-21/h2-14,23H,15H2,1H3/t23-/m1/s1. The molecule has 4 aromatic rings. The minimum absolute atomic E-state index is 0.134. The van der Waals surface area contributed by atoms with Gasteiger partial charge in [0.05, 0.1) is 11.7 Å². The molecule has 0 radical (unpaired) electrons. The number of fused-ring (bicyclic) bond motifs is 3. The molecule has 0 aliphatic carbocycles. The van der Waals surface area contributed by atoms with Crippen LogP contribution in [0.5, 0.6) is 0 Å². The number of nitrogens with zero attached hydrogens (tertiary/aromatic N) is 2. The number of carbonyl (C=O) groups is 1. The highest BCUT2D eigenvalue weighted by molar-refractivity contribution is 9.10. The van der Waals surface area contributed by atoms with Crippen LogP contribution in [0.1, 0.15) is 39.0 Å². The molecule has 0 saturated heterocycles. The van der Waals surface area contributed by atoms with Gasteiger partial charge in [0.2, 0.25) is 0 Å². The summed E-state index contributed by atoms with van der Waals surface area (Å²) in [6.07, 6.45) is 2.06. The SMILES string of the molecule is Cc1ccc([C@@H]2c3cccn3-c3ccccc3CN2C(=O)c2ccc(Br)o2)cc1. The molecular formula is C24H19BrN2O2. The molecule has 0 saturated carbocycles. The zero-order valence-corrected chi connectivity index (χ0v) is 17.5. The number of carbonyl (C=O) groups excluding carboxylic acids is 1. The number of halogens is 1. The van der Waals surface area contributed by atoms with E-state index < -0.39 is 0 Å². The molecule has 0 fully saturated rings. The molecule has 1 amide bonds. The van der Waals surface area contributed by atoms with Crippen molar-refractivity contribution in [3.05, 3.63) is 112 Å². The fourth-order valence-electron chi connectivity index (χ4n) is 4.01. The second kappa shape index (κ2) is 7.08. The summed E-state index contributed by atoms with van der Waals surface area (Å²) in [6.45, 7) is 2.56. The van der Waals surface area contributed by atoms with Crippen molar-refractivity contribution in [1.29, 1.82) is 0 Å². The average Bonchev–Trinajstić information content (AvgIpc) is 3.35. The molecule has 1 atom stereocenters. The molecule has 0 bridgehead atoms. The molecule has 5 rings (SSSR count). The largest absolute Gasteiger partial charge is 0.444 e. The molecular weight excluding hydrogens is 428 g/mol. The van der Waals surface area contributed by atoms with Crippen molar-refractivity contribution in [2.45, 2.75) is 19.5 Å². The van der Waals surface area contributed by atoms with Crippen molar-refractivity contribution in [3.8, 4) is 5.69 Å². The first-order chi connectivity index (χ1) is 14.1. The quantitative estimate of drug-likeness (QED) is 0.385. The van der Waals surface area contributed by atoms with Crippen molar-refractivity contribution >= 4 is 21.8 Å². The van der Waals surface area contributed by atoms with Crippen molar-refractivity contribution in [2.24, 2.45) is 0 Å². The molecule has 144 valence electrons. The highest BCUT2D eigenvalue weighted by Gasteiger charge is 2.34. The number of aryl methyl sites for hydroxylation is 1. The fraction of sp³-hybridized carbons (Fsp3) is 0.125. The third-order valence-corrected chi connectivity index (χ3v) is 5.83. The van der Waals surface area contributed by atoms with Crippen molar-refractivity contribution in [2.75, 3.05) is 0 Å². The number of rotatable bonds is 2. The van der Waals surface area contributed by atoms with E-state index in [2.05, 4.69) is 76.1 Å². The number of aromatic nitrogens is 1. The molecule has 5 heteroatoms. The molecule has 2 aromatic carbocycles. The molecule has 0 spiro atoms. The van der Waals surface area contributed by atoms with Crippen LogP contribution in [0.2, 0.25) is 0 Å². The maximum absolute atomic E-state index is 13.6. The summed E-state index contributed by atoms with van der Waals surface area (Å²) in [5, 5.41) is 0. The van der Waals surface area contributed by atoms with Gasteiger partial charge < -0.3 is 13.9 Å². The van der Waals surface area contributed by atoms with Gasteiger partial charge in [0, 0.05) is 18.4 Å². The third kappa shape index (κ3) is 3.12. The van der Waals surface area contributed by atoms with Gasteiger partial charge in [-0.1, -0.05) is 48.0 Å². The van der Waals surface area contributed by atoms with E-state index in [-0.39, 0.29) is 11.9 Å². The van der Waals surface area contributed by atoms with Crippen LogP contribution in [0.4, 0.5) is 0 Å². The van der Waals surface area contributed by atoms with E-state index in [0.717, 1.165) is 22.5 Å². The van der Waals surface area contributed by atoms with E-state index >= 15 is 0 Å². The highest BCUT2D eigenvalue weighted by Crippen LogP contribution is 2.37. The second-order valence-electron chi connectivity index (χ2n) is 7.28. The summed E-state index contributed by atoms with van der Waals surface area (Å²) in [4.78, 5) is 15.5. The molecule has 29 heavy (non-hydrogen) atoms. The first-order valence-electron chi connectivity index (χ1n) is 9.50. The predicted octanol–water partition coefficient (Wildman–Crippen LogP) is 5.89. The second-order valence-corrected chi connectivity index (χ2v) is 8.06. The predicted molar refractivity (Wildman–Crippen MR) is 115 cm³/mol. The normalized spacial score (nSPS) is 15.5. The van der Waals surface area contributed by atoms with Crippen molar-refractivity contribution in [1.82, 2.24) is 9.47 Å². The number of amides is 1. The zero-order valence-electron chi connectivity index (χ0n) is 15.9. The fourth-order valence-corrected chi connectivity index (χ4v) is 4.32. The minimum atomic E-state index is -0.227. The van der Waals surface area contributed by atoms with Crippen LogP contribution in [0.25, 0.3) is 5.69 Å². The van der Waals surface area contributed by atoms with Crippen LogP contribution in [0, 0.1) is 6.92 Å². The van der Waals surface area contributed by atoms with Crippen LogP contribution < -0.4 is 0 Å². The lowest BCUT2D eigenvalue weighted by atomic mass is 10.00. The summed E-state index contributed by atoms with van der Waals surface area (Å²) in [6, 6.07) is 24.0. The zero-order chi connectivity index (χ0) is 20.0. The summed E-state index contributed by atoms with van der Waals surface area (Å²) >= 11 is 3.31. The summed E-state index contributed by atoms with van der Waals surface area (Å²) in [5.74, 6) is 0.192. The molecule has 3 heterocycles. The van der Waals surface area contributed by atoms with Gasteiger partial charge in [-0.25, -0.2) is 0 Å². The van der Waals surface area contributed by atoms with Crippen molar-refractivity contribution < 1.29 is 9.21 Å². The molecule has 1 aliphatic rings. The Morgan fingerprint density at radius 2 is 1.79 bits per heavy atom. The molecule has 1 aliphatic heterocycles. The van der Waals surface area contributed by atoms with E-state index in [4.69, 9.17) is 4.42 Å². The maximum Gasteiger partial charge on any atom is 0.290 e. The van der Waals surface area contributed by atoms with Gasteiger partial charge in [0.25, 0.3) is 5.91 Å².